The van der Waals surface area contributed by atoms with Crippen LogP contribution in [-0.2, 0) is 6.54 Å². The number of aliphatic imine (C=N–C) groups is 1. The second kappa shape index (κ2) is 6.64. The molecule has 0 saturated carbocycles. The Balaban J connectivity index is 2.35. The number of benzene rings is 1. The van der Waals surface area contributed by atoms with Crippen LogP contribution in [0.25, 0.3) is 0 Å². The van der Waals surface area contributed by atoms with Gasteiger partial charge in [0.2, 0.25) is 0 Å². The molecule has 1 aromatic carbocycles. The molecule has 1 aromatic rings. The standard InChI is InChI=1S/C14H13Cl3N2O/c1-9(8-20)13-14(17)18-5-6-19(13)7-10-3-2-4-11(15)12(10)16/h2-6,20H,7-8H2,1H3/b13-9+. The predicted octanol–water partition coefficient (Wildman–Crippen LogP) is 4.18. The Morgan fingerprint density at radius 3 is 2.75 bits per heavy atom. The fraction of sp³-hybridized carbons (Fsp3) is 0.214. The molecule has 0 bridgehead atoms. The molecule has 0 atom stereocenters. The van der Waals surface area contributed by atoms with E-state index in [-0.39, 0.29) is 6.61 Å². The summed E-state index contributed by atoms with van der Waals surface area (Å²) < 4.78 is 0. The maximum atomic E-state index is 9.32. The number of hydrogen-bond donors (Lipinski definition) is 1. The first-order valence-corrected chi connectivity index (χ1v) is 7.08. The van der Waals surface area contributed by atoms with Crippen LogP contribution in [0.3, 0.4) is 0 Å². The Labute approximate surface area is 132 Å². The van der Waals surface area contributed by atoms with Crippen molar-refractivity contribution in [3.8, 4) is 0 Å². The van der Waals surface area contributed by atoms with Crippen molar-refractivity contribution in [2.45, 2.75) is 13.5 Å². The molecular formula is C14H13Cl3N2O. The van der Waals surface area contributed by atoms with Gasteiger partial charge in [-0.05, 0) is 24.1 Å². The Kier molecular flexibility index (Phi) is 5.11. The number of halogens is 3. The molecule has 2 rings (SSSR count). The summed E-state index contributed by atoms with van der Waals surface area (Å²) in [5, 5.41) is 10.7. The van der Waals surface area contributed by atoms with Crippen LogP contribution in [-0.4, -0.2) is 21.8 Å². The average Bonchev–Trinajstić information content (AvgIpc) is 2.43. The van der Waals surface area contributed by atoms with Crippen molar-refractivity contribution in [3.05, 3.63) is 57.5 Å². The SMILES string of the molecule is C/C(CO)=C1/C(Cl)=NC=CN1Cc1cccc(Cl)c1Cl. The van der Waals surface area contributed by atoms with E-state index in [0.29, 0.717) is 27.5 Å². The zero-order valence-electron chi connectivity index (χ0n) is 10.8. The van der Waals surface area contributed by atoms with Gasteiger partial charge in [-0.3, -0.25) is 0 Å². The smallest absolute Gasteiger partial charge is 0.152 e. The Morgan fingerprint density at radius 1 is 1.30 bits per heavy atom. The predicted molar refractivity (Wildman–Crippen MR) is 84.2 cm³/mol. The summed E-state index contributed by atoms with van der Waals surface area (Å²) in [6, 6.07) is 5.48. The van der Waals surface area contributed by atoms with E-state index in [2.05, 4.69) is 4.99 Å². The third kappa shape index (κ3) is 3.18. The highest BCUT2D eigenvalue weighted by atomic mass is 35.5. The van der Waals surface area contributed by atoms with Crippen LogP contribution in [0.2, 0.25) is 10.0 Å². The van der Waals surface area contributed by atoms with Crippen LogP contribution >= 0.6 is 34.8 Å². The van der Waals surface area contributed by atoms with Crippen LogP contribution in [0.15, 0.2) is 46.9 Å². The minimum absolute atomic E-state index is 0.0886. The van der Waals surface area contributed by atoms with Crippen LogP contribution < -0.4 is 0 Å². The van der Waals surface area contributed by atoms with Crippen LogP contribution in [0.1, 0.15) is 12.5 Å². The first-order valence-electron chi connectivity index (χ1n) is 5.95. The zero-order valence-corrected chi connectivity index (χ0v) is 13.0. The van der Waals surface area contributed by atoms with Gasteiger partial charge in [-0.15, -0.1) is 0 Å². The second-order valence-corrected chi connectivity index (χ2v) is 5.49. The molecule has 1 aliphatic heterocycles. The molecule has 1 heterocycles. The molecule has 0 unspecified atom stereocenters. The maximum Gasteiger partial charge on any atom is 0.152 e. The lowest BCUT2D eigenvalue weighted by atomic mass is 10.1. The zero-order chi connectivity index (χ0) is 14.7. The molecule has 3 nitrogen and oxygen atoms in total. The molecule has 0 aliphatic carbocycles. The van der Waals surface area contributed by atoms with Gasteiger partial charge in [-0.2, -0.15) is 0 Å². The Bertz CT molecular complexity index is 608. The van der Waals surface area contributed by atoms with Crippen molar-refractivity contribution >= 4 is 40.0 Å². The van der Waals surface area contributed by atoms with Gasteiger partial charge in [0.15, 0.2) is 5.17 Å². The summed E-state index contributed by atoms with van der Waals surface area (Å²) >= 11 is 18.3. The summed E-state index contributed by atoms with van der Waals surface area (Å²) in [4.78, 5) is 5.93. The number of hydrogen-bond acceptors (Lipinski definition) is 3. The molecule has 0 amide bonds. The van der Waals surface area contributed by atoms with Gasteiger partial charge < -0.3 is 10.0 Å². The molecule has 0 spiro atoms. The third-order valence-electron chi connectivity index (χ3n) is 2.93. The number of aliphatic hydroxyl groups is 1. The number of nitrogens with zero attached hydrogens (tertiary/aromatic N) is 2. The van der Waals surface area contributed by atoms with Crippen LogP contribution in [0, 0.1) is 0 Å². The largest absolute Gasteiger partial charge is 0.392 e. The van der Waals surface area contributed by atoms with Gasteiger partial charge in [0.1, 0.15) is 0 Å². The molecule has 0 fully saturated rings. The van der Waals surface area contributed by atoms with Crippen molar-refractivity contribution in [3.63, 3.8) is 0 Å². The third-order valence-corrected chi connectivity index (χ3v) is 4.07. The lowest BCUT2D eigenvalue weighted by molar-refractivity contribution is 0.325. The van der Waals surface area contributed by atoms with Crippen molar-refractivity contribution < 1.29 is 5.11 Å². The van der Waals surface area contributed by atoms with Crippen molar-refractivity contribution in [2.24, 2.45) is 4.99 Å². The normalized spacial score (nSPS) is 17.2. The van der Waals surface area contributed by atoms with Crippen LogP contribution in [0.4, 0.5) is 0 Å². The van der Waals surface area contributed by atoms with Gasteiger partial charge in [0.05, 0.1) is 22.3 Å². The monoisotopic (exact) mass is 330 g/mol. The number of aliphatic hydroxyl groups excluding tert-OH is 1. The van der Waals surface area contributed by atoms with Crippen molar-refractivity contribution in [2.75, 3.05) is 6.61 Å². The topological polar surface area (TPSA) is 35.8 Å². The molecule has 0 aromatic heterocycles. The van der Waals surface area contributed by atoms with Gasteiger partial charge >= 0.3 is 0 Å². The van der Waals surface area contributed by atoms with Gasteiger partial charge in [-0.25, -0.2) is 4.99 Å². The molecular weight excluding hydrogens is 319 g/mol. The highest BCUT2D eigenvalue weighted by Gasteiger charge is 2.19. The first-order chi connectivity index (χ1) is 9.54. The highest BCUT2D eigenvalue weighted by Crippen LogP contribution is 2.29. The Morgan fingerprint density at radius 2 is 2.05 bits per heavy atom. The van der Waals surface area contributed by atoms with E-state index in [4.69, 9.17) is 34.8 Å². The summed E-state index contributed by atoms with van der Waals surface area (Å²) in [6.45, 7) is 2.21. The average molecular weight is 332 g/mol. The van der Waals surface area contributed by atoms with E-state index in [1.807, 2.05) is 17.0 Å². The van der Waals surface area contributed by atoms with E-state index in [0.717, 1.165) is 11.1 Å². The van der Waals surface area contributed by atoms with E-state index >= 15 is 0 Å². The molecule has 106 valence electrons. The van der Waals surface area contributed by atoms with Crippen molar-refractivity contribution in [1.82, 2.24) is 4.90 Å². The van der Waals surface area contributed by atoms with Crippen LogP contribution in [0.5, 0.6) is 0 Å². The lowest BCUT2D eigenvalue weighted by Crippen LogP contribution is -2.24. The van der Waals surface area contributed by atoms with Gasteiger partial charge in [-0.1, -0.05) is 46.9 Å². The second-order valence-electron chi connectivity index (χ2n) is 4.35. The van der Waals surface area contributed by atoms with Crippen molar-refractivity contribution in [1.29, 1.82) is 0 Å². The van der Waals surface area contributed by atoms with E-state index in [1.165, 1.54) is 0 Å². The molecule has 0 saturated heterocycles. The lowest BCUT2D eigenvalue weighted by Gasteiger charge is -2.27. The molecule has 20 heavy (non-hydrogen) atoms. The van der Waals surface area contributed by atoms with E-state index < -0.39 is 0 Å². The number of rotatable bonds is 3. The summed E-state index contributed by atoms with van der Waals surface area (Å²) in [6.07, 6.45) is 3.40. The molecule has 6 heteroatoms. The first kappa shape index (κ1) is 15.4. The minimum Gasteiger partial charge on any atom is -0.392 e. The fourth-order valence-corrected chi connectivity index (χ4v) is 2.62. The highest BCUT2D eigenvalue weighted by molar-refractivity contribution is 6.69. The molecule has 1 N–H and O–H groups in total. The minimum atomic E-state index is -0.0886. The molecule has 1 aliphatic rings. The summed E-state index contributed by atoms with van der Waals surface area (Å²) in [7, 11) is 0. The maximum absolute atomic E-state index is 9.32. The Hall–Kier alpha value is -1.000. The summed E-state index contributed by atoms with van der Waals surface area (Å²) in [5.41, 5.74) is 2.30. The van der Waals surface area contributed by atoms with Gasteiger partial charge in [0.25, 0.3) is 0 Å². The quantitative estimate of drug-likeness (QED) is 0.901. The fourth-order valence-electron chi connectivity index (χ4n) is 1.92. The van der Waals surface area contributed by atoms with E-state index in [1.54, 1.807) is 25.4 Å². The van der Waals surface area contributed by atoms with Gasteiger partial charge in [0, 0.05) is 18.9 Å². The van der Waals surface area contributed by atoms with E-state index in [9.17, 15) is 5.11 Å². The number of allylic oxidation sites excluding steroid dienone is 1. The summed E-state index contributed by atoms with van der Waals surface area (Å²) in [5.74, 6) is 0. The molecule has 0 radical (unpaired) electrons.